The number of benzene rings is 1. The van der Waals surface area contributed by atoms with Crippen LogP contribution in [0.25, 0.3) is 0 Å². The molecule has 7 nitrogen and oxygen atoms in total. The van der Waals surface area contributed by atoms with Crippen LogP contribution in [0.1, 0.15) is 36.9 Å². The highest BCUT2D eigenvalue weighted by atomic mass is 16.5. The highest BCUT2D eigenvalue weighted by molar-refractivity contribution is 5.80. The highest BCUT2D eigenvalue weighted by Gasteiger charge is 2.25. The van der Waals surface area contributed by atoms with Crippen molar-refractivity contribution in [3.05, 3.63) is 47.5 Å². The Hall–Kier alpha value is -2.41. The van der Waals surface area contributed by atoms with Crippen molar-refractivity contribution in [1.29, 1.82) is 0 Å². The van der Waals surface area contributed by atoms with Crippen molar-refractivity contribution < 1.29 is 4.74 Å². The molecule has 1 unspecified atom stereocenters. The van der Waals surface area contributed by atoms with Crippen molar-refractivity contribution in [3.63, 3.8) is 0 Å². The second-order valence-electron chi connectivity index (χ2n) is 6.37. The summed E-state index contributed by atoms with van der Waals surface area (Å²) in [6.45, 7) is 10.8. The van der Waals surface area contributed by atoms with Gasteiger partial charge in [-0.2, -0.15) is 0 Å². The van der Waals surface area contributed by atoms with E-state index in [0.29, 0.717) is 13.2 Å². The van der Waals surface area contributed by atoms with Crippen LogP contribution in [0.15, 0.2) is 35.6 Å². The molecule has 1 atom stereocenters. The quantitative estimate of drug-likeness (QED) is 0.657. The van der Waals surface area contributed by atoms with E-state index in [4.69, 9.17) is 9.73 Å². The number of ether oxygens (including phenoxy) is 1. The average molecular weight is 356 g/mol. The fourth-order valence-electron chi connectivity index (χ4n) is 3.21. The number of aliphatic imine (C=N–C) groups is 1. The summed E-state index contributed by atoms with van der Waals surface area (Å²) in [6.07, 6.45) is 1.81. The number of guanidine groups is 1. The SMILES string of the molecule is CCNC(=NCc1nncn1CC)N1CCOC(c2ccccc2C)C1. The number of nitrogens with one attached hydrogen (secondary N) is 1. The number of rotatable bonds is 5. The topological polar surface area (TPSA) is 67.6 Å². The summed E-state index contributed by atoms with van der Waals surface area (Å²) >= 11 is 0. The molecule has 1 aliphatic rings. The van der Waals surface area contributed by atoms with Crippen LogP contribution in [0.4, 0.5) is 0 Å². The highest BCUT2D eigenvalue weighted by Crippen LogP contribution is 2.25. The lowest BCUT2D eigenvalue weighted by atomic mass is 10.0. The second kappa shape index (κ2) is 8.80. The minimum Gasteiger partial charge on any atom is -0.370 e. The maximum atomic E-state index is 6.04. The zero-order valence-electron chi connectivity index (χ0n) is 15.9. The minimum absolute atomic E-state index is 0.0631. The van der Waals surface area contributed by atoms with Crippen molar-refractivity contribution >= 4 is 5.96 Å². The molecular formula is C19H28N6O. The van der Waals surface area contributed by atoms with Gasteiger partial charge in [-0.3, -0.25) is 0 Å². The Balaban J connectivity index is 1.74. The van der Waals surface area contributed by atoms with E-state index >= 15 is 0 Å². The molecule has 1 aromatic carbocycles. The lowest BCUT2D eigenvalue weighted by molar-refractivity contribution is -0.00834. The van der Waals surface area contributed by atoms with Gasteiger partial charge in [0.2, 0.25) is 0 Å². The molecule has 1 saturated heterocycles. The first-order valence-electron chi connectivity index (χ1n) is 9.30. The molecule has 2 heterocycles. The lowest BCUT2D eigenvalue weighted by Gasteiger charge is -2.35. The predicted molar refractivity (Wildman–Crippen MR) is 102 cm³/mol. The fraction of sp³-hybridized carbons (Fsp3) is 0.526. The molecule has 0 amide bonds. The molecule has 2 aromatic rings. The third-order valence-electron chi connectivity index (χ3n) is 4.64. The van der Waals surface area contributed by atoms with Gasteiger partial charge in [-0.1, -0.05) is 24.3 Å². The van der Waals surface area contributed by atoms with Crippen molar-refractivity contribution in [3.8, 4) is 0 Å². The van der Waals surface area contributed by atoms with Crippen molar-refractivity contribution in [2.24, 2.45) is 4.99 Å². The first-order valence-corrected chi connectivity index (χ1v) is 9.30. The third kappa shape index (κ3) is 4.22. The summed E-state index contributed by atoms with van der Waals surface area (Å²) in [5, 5.41) is 11.6. The Morgan fingerprint density at radius 1 is 1.35 bits per heavy atom. The largest absolute Gasteiger partial charge is 0.370 e. The van der Waals surface area contributed by atoms with E-state index in [1.165, 1.54) is 11.1 Å². The number of aryl methyl sites for hydroxylation is 2. The molecule has 1 fully saturated rings. The van der Waals surface area contributed by atoms with Crippen LogP contribution >= 0.6 is 0 Å². The molecule has 0 radical (unpaired) electrons. The van der Waals surface area contributed by atoms with E-state index in [0.717, 1.165) is 38.0 Å². The summed E-state index contributed by atoms with van der Waals surface area (Å²) in [7, 11) is 0. The van der Waals surface area contributed by atoms with Crippen LogP contribution in [-0.2, 0) is 17.8 Å². The first kappa shape index (κ1) is 18.4. The Labute approximate surface area is 155 Å². The van der Waals surface area contributed by atoms with Crippen molar-refractivity contribution in [1.82, 2.24) is 25.0 Å². The molecule has 7 heteroatoms. The van der Waals surface area contributed by atoms with Gasteiger partial charge >= 0.3 is 0 Å². The van der Waals surface area contributed by atoms with E-state index in [1.54, 1.807) is 6.33 Å². The molecule has 1 aromatic heterocycles. The summed E-state index contributed by atoms with van der Waals surface area (Å²) < 4.78 is 8.06. The van der Waals surface area contributed by atoms with Gasteiger partial charge in [-0.05, 0) is 31.9 Å². The number of nitrogens with zero attached hydrogens (tertiary/aromatic N) is 5. The maximum Gasteiger partial charge on any atom is 0.194 e. The Kier molecular flexibility index (Phi) is 6.22. The molecule has 26 heavy (non-hydrogen) atoms. The van der Waals surface area contributed by atoms with Gasteiger partial charge in [0, 0.05) is 19.6 Å². The molecule has 140 valence electrons. The summed E-state index contributed by atoms with van der Waals surface area (Å²) in [5.74, 6) is 1.78. The van der Waals surface area contributed by atoms with Crippen LogP contribution in [0.3, 0.4) is 0 Å². The Morgan fingerprint density at radius 3 is 2.96 bits per heavy atom. The van der Waals surface area contributed by atoms with E-state index in [9.17, 15) is 0 Å². The molecule has 3 rings (SSSR count). The van der Waals surface area contributed by atoms with Crippen LogP contribution in [0.5, 0.6) is 0 Å². The van der Waals surface area contributed by atoms with Gasteiger partial charge in [0.25, 0.3) is 0 Å². The maximum absolute atomic E-state index is 6.04. The van der Waals surface area contributed by atoms with Crippen molar-refractivity contribution in [2.45, 2.75) is 40.0 Å². The van der Waals surface area contributed by atoms with Gasteiger partial charge < -0.3 is 19.5 Å². The zero-order valence-corrected chi connectivity index (χ0v) is 15.9. The predicted octanol–water partition coefficient (Wildman–Crippen LogP) is 2.15. The van der Waals surface area contributed by atoms with Crippen LogP contribution in [-0.4, -0.2) is 51.9 Å². The molecule has 0 saturated carbocycles. The average Bonchev–Trinajstić information content (AvgIpc) is 3.13. The van der Waals surface area contributed by atoms with E-state index < -0.39 is 0 Å². The van der Waals surface area contributed by atoms with Gasteiger partial charge in [-0.25, -0.2) is 4.99 Å². The minimum atomic E-state index is 0.0631. The zero-order chi connectivity index (χ0) is 18.4. The van der Waals surface area contributed by atoms with Crippen LogP contribution < -0.4 is 5.32 Å². The number of aromatic nitrogens is 3. The standard InChI is InChI=1S/C19H28N6O/c1-4-20-19(21-12-18-23-22-14-24(18)5-2)25-10-11-26-17(13-25)16-9-7-6-8-15(16)3/h6-9,14,17H,4-5,10-13H2,1-3H3,(H,20,21). The normalized spacial score (nSPS) is 18.2. The van der Waals surface area contributed by atoms with Gasteiger partial charge in [0.1, 0.15) is 19.0 Å². The molecule has 0 aliphatic carbocycles. The van der Waals surface area contributed by atoms with Crippen molar-refractivity contribution in [2.75, 3.05) is 26.2 Å². The number of hydrogen-bond donors (Lipinski definition) is 1. The van der Waals surface area contributed by atoms with Gasteiger partial charge in [0.15, 0.2) is 11.8 Å². The van der Waals surface area contributed by atoms with Gasteiger partial charge in [-0.15, -0.1) is 10.2 Å². The van der Waals surface area contributed by atoms with Crippen LogP contribution in [0, 0.1) is 6.92 Å². The second-order valence-corrected chi connectivity index (χ2v) is 6.37. The summed E-state index contributed by atoms with van der Waals surface area (Å²) in [5.41, 5.74) is 2.51. The first-order chi connectivity index (χ1) is 12.7. The molecule has 0 bridgehead atoms. The van der Waals surface area contributed by atoms with Crippen LogP contribution in [0.2, 0.25) is 0 Å². The van der Waals surface area contributed by atoms with E-state index in [2.05, 4.69) is 65.5 Å². The lowest BCUT2D eigenvalue weighted by Crippen LogP contribution is -2.48. The Morgan fingerprint density at radius 2 is 2.19 bits per heavy atom. The van der Waals surface area contributed by atoms with Gasteiger partial charge in [0.05, 0.1) is 13.2 Å². The third-order valence-corrected chi connectivity index (χ3v) is 4.64. The molecular weight excluding hydrogens is 328 g/mol. The molecule has 1 N–H and O–H groups in total. The fourth-order valence-corrected chi connectivity index (χ4v) is 3.21. The van der Waals surface area contributed by atoms with E-state index in [-0.39, 0.29) is 6.10 Å². The Bertz CT molecular complexity index is 741. The number of morpholine rings is 1. The monoisotopic (exact) mass is 356 g/mol. The van der Waals surface area contributed by atoms with E-state index in [1.807, 2.05) is 4.57 Å². The molecule has 0 spiro atoms. The summed E-state index contributed by atoms with van der Waals surface area (Å²) in [6, 6.07) is 8.42. The smallest absolute Gasteiger partial charge is 0.194 e. The number of hydrogen-bond acceptors (Lipinski definition) is 4. The molecule has 1 aliphatic heterocycles. The summed E-state index contributed by atoms with van der Waals surface area (Å²) in [4.78, 5) is 7.07.